The van der Waals surface area contributed by atoms with Crippen LogP contribution in [-0.4, -0.2) is 29.2 Å². The van der Waals surface area contributed by atoms with E-state index in [4.69, 9.17) is 0 Å². The van der Waals surface area contributed by atoms with Crippen LogP contribution in [0.2, 0.25) is 0 Å². The summed E-state index contributed by atoms with van der Waals surface area (Å²) in [6.45, 7) is 6.45. The Bertz CT molecular complexity index is 321. The highest BCUT2D eigenvalue weighted by Gasteiger charge is 2.51. The maximum Gasteiger partial charge on any atom is 0.330 e. The molecule has 0 saturated heterocycles. The van der Waals surface area contributed by atoms with Gasteiger partial charge in [0.2, 0.25) is 0 Å². The Kier molecular flexibility index (Phi) is 5.63. The number of hydrogen-bond donors (Lipinski definition) is 3. The smallest absolute Gasteiger partial charge is 0.330 e. The number of carboxylic acids is 1. The largest absolute Gasteiger partial charge is 0.479 e. The van der Waals surface area contributed by atoms with Crippen LogP contribution in [0, 0.1) is 11.8 Å². The zero-order chi connectivity index (χ0) is 14.5. The molecule has 0 radical (unpaired) electrons. The van der Waals surface area contributed by atoms with Crippen molar-refractivity contribution in [2.75, 3.05) is 6.54 Å². The fraction of sp³-hybridized carbons (Fsp3) is 0.857. The van der Waals surface area contributed by atoms with Crippen LogP contribution in [0.5, 0.6) is 0 Å². The van der Waals surface area contributed by atoms with Gasteiger partial charge in [-0.3, -0.25) is 0 Å². The third-order valence-electron chi connectivity index (χ3n) is 4.32. The van der Waals surface area contributed by atoms with Gasteiger partial charge in [-0.1, -0.05) is 33.6 Å². The highest BCUT2D eigenvalue weighted by atomic mass is 16.4. The van der Waals surface area contributed by atoms with Crippen LogP contribution < -0.4 is 10.6 Å². The lowest BCUT2D eigenvalue weighted by Crippen LogP contribution is -2.65. The van der Waals surface area contributed by atoms with Crippen LogP contribution in [0.25, 0.3) is 0 Å². The van der Waals surface area contributed by atoms with Crippen molar-refractivity contribution in [2.24, 2.45) is 11.8 Å². The Morgan fingerprint density at radius 2 is 1.84 bits per heavy atom. The molecule has 1 aliphatic rings. The second-order valence-corrected chi connectivity index (χ2v) is 5.64. The molecule has 5 nitrogen and oxygen atoms in total. The summed E-state index contributed by atoms with van der Waals surface area (Å²) in [5.74, 6) is -1.02. The summed E-state index contributed by atoms with van der Waals surface area (Å²) >= 11 is 0. The van der Waals surface area contributed by atoms with Gasteiger partial charge in [0, 0.05) is 6.54 Å². The summed E-state index contributed by atoms with van der Waals surface area (Å²) < 4.78 is 0. The molecule has 2 amide bonds. The van der Waals surface area contributed by atoms with E-state index in [0.717, 1.165) is 32.1 Å². The molecule has 3 N–H and O–H groups in total. The molecule has 0 bridgehead atoms. The summed E-state index contributed by atoms with van der Waals surface area (Å²) in [6, 6.07) is -0.364. The molecule has 19 heavy (non-hydrogen) atoms. The quantitative estimate of drug-likeness (QED) is 0.671. The molecule has 1 saturated carbocycles. The van der Waals surface area contributed by atoms with Crippen molar-refractivity contribution in [1.82, 2.24) is 10.6 Å². The van der Waals surface area contributed by atoms with Crippen LogP contribution >= 0.6 is 0 Å². The molecule has 0 spiro atoms. The van der Waals surface area contributed by atoms with Gasteiger partial charge in [-0.25, -0.2) is 9.59 Å². The number of nitrogens with one attached hydrogen (secondary N) is 2. The minimum atomic E-state index is -1.13. The molecule has 2 unspecified atom stereocenters. The van der Waals surface area contributed by atoms with Gasteiger partial charge < -0.3 is 15.7 Å². The normalized spacial score (nSPS) is 30.7. The summed E-state index contributed by atoms with van der Waals surface area (Å²) in [6.07, 6.45) is 4.60. The summed E-state index contributed by atoms with van der Waals surface area (Å²) in [7, 11) is 0. The Hall–Kier alpha value is -1.26. The van der Waals surface area contributed by atoms with Gasteiger partial charge in [0.1, 0.15) is 5.54 Å². The van der Waals surface area contributed by atoms with Crippen LogP contribution in [0.4, 0.5) is 4.79 Å². The monoisotopic (exact) mass is 270 g/mol. The Morgan fingerprint density at radius 1 is 1.26 bits per heavy atom. The van der Waals surface area contributed by atoms with Crippen molar-refractivity contribution < 1.29 is 14.7 Å². The van der Waals surface area contributed by atoms with Crippen LogP contribution in [0.3, 0.4) is 0 Å². The van der Waals surface area contributed by atoms with E-state index >= 15 is 0 Å². The van der Waals surface area contributed by atoms with Crippen molar-refractivity contribution in [2.45, 2.75) is 58.4 Å². The number of unbranched alkanes of at least 4 members (excludes halogenated alkanes) is 1. The lowest BCUT2D eigenvalue weighted by Gasteiger charge is -2.44. The molecular weight excluding hydrogens is 244 g/mol. The number of aliphatic carboxylic acids is 1. The number of urea groups is 1. The average Bonchev–Trinajstić information content (AvgIpc) is 2.34. The predicted octanol–water partition coefficient (Wildman–Crippen LogP) is 2.37. The summed E-state index contributed by atoms with van der Waals surface area (Å²) in [4.78, 5) is 23.6. The first-order chi connectivity index (χ1) is 8.95. The third-order valence-corrected chi connectivity index (χ3v) is 4.32. The highest BCUT2D eigenvalue weighted by molar-refractivity contribution is 5.87. The van der Waals surface area contributed by atoms with Gasteiger partial charge in [-0.05, 0) is 31.1 Å². The SMILES string of the molecule is CCCCNC(=O)NC1(C(=O)O)C(C)CCCC1C. The van der Waals surface area contributed by atoms with Gasteiger partial charge in [-0.15, -0.1) is 0 Å². The number of carbonyl (C=O) groups is 2. The van der Waals surface area contributed by atoms with E-state index in [2.05, 4.69) is 10.6 Å². The molecule has 0 aliphatic heterocycles. The molecule has 5 heteroatoms. The van der Waals surface area contributed by atoms with Crippen molar-refractivity contribution in [3.8, 4) is 0 Å². The third kappa shape index (κ3) is 3.39. The van der Waals surface area contributed by atoms with Gasteiger partial charge >= 0.3 is 12.0 Å². The molecule has 1 rings (SSSR count). The number of carbonyl (C=O) groups excluding carboxylic acids is 1. The Morgan fingerprint density at radius 3 is 2.32 bits per heavy atom. The number of rotatable bonds is 5. The van der Waals surface area contributed by atoms with Crippen molar-refractivity contribution >= 4 is 12.0 Å². The number of hydrogen-bond acceptors (Lipinski definition) is 2. The predicted molar refractivity (Wildman–Crippen MR) is 74.0 cm³/mol. The second kappa shape index (κ2) is 6.78. The molecule has 0 aromatic heterocycles. The van der Waals surface area contributed by atoms with E-state index in [0.29, 0.717) is 6.54 Å². The topological polar surface area (TPSA) is 78.4 Å². The van der Waals surface area contributed by atoms with Crippen molar-refractivity contribution in [3.63, 3.8) is 0 Å². The Balaban J connectivity index is 2.76. The van der Waals surface area contributed by atoms with Crippen molar-refractivity contribution in [1.29, 1.82) is 0 Å². The molecule has 0 aromatic carbocycles. The molecule has 110 valence electrons. The number of carboxylic acid groups (broad SMARTS) is 1. The first-order valence-corrected chi connectivity index (χ1v) is 7.24. The van der Waals surface area contributed by atoms with Crippen LogP contribution in [-0.2, 0) is 4.79 Å². The van der Waals surface area contributed by atoms with E-state index < -0.39 is 11.5 Å². The van der Waals surface area contributed by atoms with Crippen LogP contribution in [0.15, 0.2) is 0 Å². The van der Waals surface area contributed by atoms with E-state index in [-0.39, 0.29) is 17.9 Å². The Labute approximate surface area is 115 Å². The standard InChI is InChI=1S/C14H26N2O3/c1-4-5-9-15-13(19)16-14(12(17)18)10(2)7-6-8-11(14)3/h10-11H,4-9H2,1-3H3,(H,17,18)(H2,15,16,19). The molecule has 1 aliphatic carbocycles. The first-order valence-electron chi connectivity index (χ1n) is 7.24. The fourth-order valence-electron chi connectivity index (χ4n) is 3.00. The maximum atomic E-state index is 11.9. The number of amides is 2. The average molecular weight is 270 g/mol. The molecule has 0 aromatic rings. The molecule has 2 atom stereocenters. The van der Waals surface area contributed by atoms with E-state index in [1.165, 1.54) is 0 Å². The van der Waals surface area contributed by atoms with Crippen LogP contribution in [0.1, 0.15) is 52.9 Å². The molecule has 1 fully saturated rings. The zero-order valence-electron chi connectivity index (χ0n) is 12.2. The summed E-state index contributed by atoms with van der Waals surface area (Å²) in [5, 5.41) is 15.1. The molecule has 0 heterocycles. The lowest BCUT2D eigenvalue weighted by atomic mass is 9.67. The highest BCUT2D eigenvalue weighted by Crippen LogP contribution is 2.38. The van der Waals surface area contributed by atoms with E-state index in [9.17, 15) is 14.7 Å². The van der Waals surface area contributed by atoms with Gasteiger partial charge in [0.05, 0.1) is 0 Å². The van der Waals surface area contributed by atoms with E-state index in [1.54, 1.807) is 0 Å². The first kappa shape index (κ1) is 15.8. The molecular formula is C14H26N2O3. The lowest BCUT2D eigenvalue weighted by molar-refractivity contribution is -0.151. The second-order valence-electron chi connectivity index (χ2n) is 5.64. The summed E-state index contributed by atoms with van der Waals surface area (Å²) in [5.41, 5.74) is -1.13. The van der Waals surface area contributed by atoms with Gasteiger partial charge in [0.15, 0.2) is 0 Å². The van der Waals surface area contributed by atoms with Gasteiger partial charge in [-0.2, -0.15) is 0 Å². The van der Waals surface area contributed by atoms with E-state index in [1.807, 2.05) is 20.8 Å². The minimum Gasteiger partial charge on any atom is -0.479 e. The zero-order valence-corrected chi connectivity index (χ0v) is 12.2. The minimum absolute atomic E-state index is 0.0503. The fourth-order valence-corrected chi connectivity index (χ4v) is 3.00. The van der Waals surface area contributed by atoms with Crippen molar-refractivity contribution in [3.05, 3.63) is 0 Å². The van der Waals surface area contributed by atoms with Gasteiger partial charge in [0.25, 0.3) is 0 Å². The maximum absolute atomic E-state index is 11.9.